The number of hydrogen-bond acceptors (Lipinski definition) is 3. The van der Waals surface area contributed by atoms with Crippen LogP contribution in [-0.4, -0.2) is 28.8 Å². The van der Waals surface area contributed by atoms with E-state index in [1.807, 2.05) is 0 Å². The Morgan fingerprint density at radius 3 is 2.57 bits per heavy atom. The Hall–Kier alpha value is -1.62. The van der Waals surface area contributed by atoms with Crippen LogP contribution in [0.3, 0.4) is 0 Å². The van der Waals surface area contributed by atoms with E-state index in [1.165, 1.54) is 18.2 Å². The molecule has 21 heavy (non-hydrogen) atoms. The molecule has 5 nitrogen and oxygen atoms in total. The van der Waals surface area contributed by atoms with Gasteiger partial charge in [0, 0.05) is 25.2 Å². The highest BCUT2D eigenvalue weighted by atomic mass is 35.5. The summed E-state index contributed by atoms with van der Waals surface area (Å²) in [5.74, 6) is -0.221. The van der Waals surface area contributed by atoms with Crippen LogP contribution in [0.2, 0.25) is 5.02 Å². The van der Waals surface area contributed by atoms with Crippen LogP contribution in [0, 0.1) is 15.5 Å². The van der Waals surface area contributed by atoms with Gasteiger partial charge >= 0.3 is 0 Å². The maximum absolute atomic E-state index is 12.5. The summed E-state index contributed by atoms with van der Waals surface area (Å²) < 4.78 is 0. The van der Waals surface area contributed by atoms with E-state index in [-0.39, 0.29) is 27.6 Å². The first-order chi connectivity index (χ1) is 9.86. The zero-order valence-electron chi connectivity index (χ0n) is 12.3. The fraction of sp³-hybridized carbons (Fsp3) is 0.533. The number of non-ortho nitro benzene ring substituents is 1. The maximum atomic E-state index is 12.5. The van der Waals surface area contributed by atoms with E-state index >= 15 is 0 Å². The molecule has 1 aliphatic heterocycles. The van der Waals surface area contributed by atoms with E-state index < -0.39 is 4.92 Å². The lowest BCUT2D eigenvalue weighted by molar-refractivity contribution is -0.384. The van der Waals surface area contributed by atoms with Gasteiger partial charge < -0.3 is 4.90 Å². The molecule has 0 radical (unpaired) electrons. The molecule has 0 aliphatic carbocycles. The molecule has 114 valence electrons. The zero-order valence-corrected chi connectivity index (χ0v) is 13.0. The second kappa shape index (κ2) is 6.02. The molecular formula is C15H19ClN2O3. The van der Waals surface area contributed by atoms with E-state index in [4.69, 9.17) is 11.6 Å². The first-order valence-corrected chi connectivity index (χ1v) is 7.47. The Morgan fingerprint density at radius 1 is 1.43 bits per heavy atom. The summed E-state index contributed by atoms with van der Waals surface area (Å²) >= 11 is 6.03. The third kappa shape index (κ3) is 3.35. The molecule has 1 fully saturated rings. The van der Waals surface area contributed by atoms with Crippen molar-refractivity contribution >= 4 is 23.2 Å². The summed E-state index contributed by atoms with van der Waals surface area (Å²) in [5, 5.41) is 11.1. The normalized spacial score (nSPS) is 17.6. The van der Waals surface area contributed by atoms with Gasteiger partial charge in [0.1, 0.15) is 0 Å². The minimum Gasteiger partial charge on any atom is -0.339 e. The summed E-state index contributed by atoms with van der Waals surface area (Å²) in [6.07, 6.45) is 2.98. The molecule has 1 heterocycles. The Bertz CT molecular complexity index is 566. The van der Waals surface area contributed by atoms with E-state index in [1.54, 1.807) is 4.90 Å². The first kappa shape index (κ1) is 15.8. The number of benzene rings is 1. The molecule has 1 saturated heterocycles. The van der Waals surface area contributed by atoms with E-state index in [9.17, 15) is 14.9 Å². The third-order valence-corrected chi connectivity index (χ3v) is 4.83. The van der Waals surface area contributed by atoms with Crippen LogP contribution in [-0.2, 0) is 0 Å². The maximum Gasteiger partial charge on any atom is 0.270 e. The lowest BCUT2D eigenvalue weighted by atomic mass is 9.78. The van der Waals surface area contributed by atoms with Crippen molar-refractivity contribution in [3.63, 3.8) is 0 Å². The van der Waals surface area contributed by atoms with Gasteiger partial charge in [-0.05, 0) is 24.3 Å². The highest BCUT2D eigenvalue weighted by Crippen LogP contribution is 2.35. The topological polar surface area (TPSA) is 63.5 Å². The minimum atomic E-state index is -0.516. The molecule has 0 atom stereocenters. The second-order valence-electron chi connectivity index (χ2n) is 5.88. The largest absolute Gasteiger partial charge is 0.339 e. The van der Waals surface area contributed by atoms with Gasteiger partial charge in [0.15, 0.2) is 0 Å². The fourth-order valence-electron chi connectivity index (χ4n) is 2.56. The summed E-state index contributed by atoms with van der Waals surface area (Å²) in [6, 6.07) is 3.98. The van der Waals surface area contributed by atoms with Gasteiger partial charge in [-0.3, -0.25) is 14.9 Å². The second-order valence-corrected chi connectivity index (χ2v) is 6.28. The Balaban J connectivity index is 2.18. The third-order valence-electron chi connectivity index (χ3n) is 4.50. The predicted octanol–water partition coefficient (Wildman–Crippen LogP) is 3.90. The van der Waals surface area contributed by atoms with Crippen LogP contribution in [0.1, 0.15) is 43.5 Å². The number of nitro benzene ring substituents is 1. The van der Waals surface area contributed by atoms with Crippen LogP contribution in [0.5, 0.6) is 0 Å². The summed E-state index contributed by atoms with van der Waals surface area (Å²) in [7, 11) is 0. The van der Waals surface area contributed by atoms with Crippen LogP contribution in [0.4, 0.5) is 5.69 Å². The number of amides is 1. The van der Waals surface area contributed by atoms with Crippen LogP contribution in [0.25, 0.3) is 0 Å². The van der Waals surface area contributed by atoms with Gasteiger partial charge in [-0.1, -0.05) is 31.9 Å². The van der Waals surface area contributed by atoms with Crippen molar-refractivity contribution in [2.75, 3.05) is 13.1 Å². The Labute approximate surface area is 129 Å². The van der Waals surface area contributed by atoms with Crippen LogP contribution >= 0.6 is 11.6 Å². The van der Waals surface area contributed by atoms with Gasteiger partial charge in [-0.2, -0.15) is 0 Å². The SMILES string of the molecule is CCC1(C)CCN(C(=O)c2cc([N+](=O)[O-])ccc2Cl)CC1. The molecule has 0 spiro atoms. The number of piperidine rings is 1. The number of nitrogens with zero attached hydrogens (tertiary/aromatic N) is 2. The van der Waals surface area contributed by atoms with Crippen LogP contribution < -0.4 is 0 Å². The monoisotopic (exact) mass is 310 g/mol. The standard InChI is InChI=1S/C15H19ClN2O3/c1-3-15(2)6-8-17(9-7-15)14(19)12-10-11(18(20)21)4-5-13(12)16/h4-5,10H,3,6-9H2,1-2H3. The zero-order chi connectivity index (χ0) is 15.6. The highest BCUT2D eigenvalue weighted by Gasteiger charge is 2.31. The Morgan fingerprint density at radius 2 is 2.05 bits per heavy atom. The molecule has 1 aliphatic rings. The van der Waals surface area contributed by atoms with Crippen molar-refractivity contribution in [1.82, 2.24) is 4.90 Å². The summed E-state index contributed by atoms with van der Waals surface area (Å²) in [4.78, 5) is 24.6. The lowest BCUT2D eigenvalue weighted by Crippen LogP contribution is -2.42. The van der Waals surface area contributed by atoms with Crippen molar-refractivity contribution in [2.24, 2.45) is 5.41 Å². The molecule has 1 amide bonds. The van der Waals surface area contributed by atoms with Crippen molar-refractivity contribution in [2.45, 2.75) is 33.1 Å². The van der Waals surface area contributed by atoms with Crippen LogP contribution in [0.15, 0.2) is 18.2 Å². The molecule has 2 rings (SSSR count). The number of hydrogen-bond donors (Lipinski definition) is 0. The van der Waals surface area contributed by atoms with Gasteiger partial charge in [-0.15, -0.1) is 0 Å². The molecule has 6 heteroatoms. The van der Waals surface area contributed by atoms with E-state index in [0.29, 0.717) is 13.1 Å². The van der Waals surface area contributed by atoms with Gasteiger partial charge in [0.2, 0.25) is 0 Å². The average Bonchev–Trinajstić information content (AvgIpc) is 2.47. The minimum absolute atomic E-state index is 0.113. The van der Waals surface area contributed by atoms with Gasteiger partial charge in [0.05, 0.1) is 15.5 Å². The molecule has 0 unspecified atom stereocenters. The van der Waals surface area contributed by atoms with Crippen molar-refractivity contribution in [3.8, 4) is 0 Å². The van der Waals surface area contributed by atoms with Gasteiger partial charge in [0.25, 0.3) is 11.6 Å². The van der Waals surface area contributed by atoms with Crippen molar-refractivity contribution in [1.29, 1.82) is 0 Å². The first-order valence-electron chi connectivity index (χ1n) is 7.09. The molecule has 0 saturated carbocycles. The fourth-order valence-corrected chi connectivity index (χ4v) is 2.76. The number of rotatable bonds is 3. The van der Waals surface area contributed by atoms with Crippen molar-refractivity contribution in [3.05, 3.63) is 38.9 Å². The Kier molecular flexibility index (Phi) is 4.52. The van der Waals surface area contributed by atoms with E-state index in [2.05, 4.69) is 13.8 Å². The average molecular weight is 311 g/mol. The molecule has 1 aromatic rings. The molecule has 0 aromatic heterocycles. The number of likely N-dealkylation sites (tertiary alicyclic amines) is 1. The van der Waals surface area contributed by atoms with Crippen molar-refractivity contribution < 1.29 is 9.72 Å². The molecule has 0 bridgehead atoms. The number of carbonyl (C=O) groups is 1. The number of nitro groups is 1. The summed E-state index contributed by atoms with van der Waals surface area (Å²) in [6.45, 7) is 5.73. The summed E-state index contributed by atoms with van der Waals surface area (Å²) in [5.41, 5.74) is 0.382. The number of carbonyl (C=O) groups excluding carboxylic acids is 1. The lowest BCUT2D eigenvalue weighted by Gasteiger charge is -2.39. The smallest absolute Gasteiger partial charge is 0.270 e. The van der Waals surface area contributed by atoms with E-state index in [0.717, 1.165) is 19.3 Å². The highest BCUT2D eigenvalue weighted by molar-refractivity contribution is 6.33. The predicted molar refractivity (Wildman–Crippen MR) is 81.6 cm³/mol. The number of halogens is 1. The van der Waals surface area contributed by atoms with Gasteiger partial charge in [-0.25, -0.2) is 0 Å². The molecule has 1 aromatic carbocycles. The molecular weight excluding hydrogens is 292 g/mol. The molecule has 0 N–H and O–H groups in total. The quantitative estimate of drug-likeness (QED) is 0.628.